The van der Waals surface area contributed by atoms with Gasteiger partial charge in [-0.15, -0.1) is 0 Å². The number of ether oxygens (including phenoxy) is 2. The average Bonchev–Trinajstić information content (AvgIpc) is 3.03. The summed E-state index contributed by atoms with van der Waals surface area (Å²) in [6, 6.07) is 4.08. The van der Waals surface area contributed by atoms with E-state index in [0.717, 1.165) is 19.3 Å². The molecule has 1 aromatic carbocycles. The highest BCUT2D eigenvalue weighted by molar-refractivity contribution is 7.89. The van der Waals surface area contributed by atoms with Gasteiger partial charge in [0, 0.05) is 31.2 Å². The summed E-state index contributed by atoms with van der Waals surface area (Å²) in [6.45, 7) is 3.07. The molecule has 2 fully saturated rings. The molecular formula is C15H20N2O4S. The molecular weight excluding hydrogens is 304 g/mol. The molecule has 22 heavy (non-hydrogen) atoms. The topological polar surface area (TPSA) is 67.9 Å². The van der Waals surface area contributed by atoms with Crippen molar-refractivity contribution in [2.24, 2.45) is 0 Å². The van der Waals surface area contributed by atoms with E-state index in [2.05, 4.69) is 5.32 Å². The van der Waals surface area contributed by atoms with E-state index in [1.54, 1.807) is 23.4 Å². The van der Waals surface area contributed by atoms with Crippen molar-refractivity contribution in [2.45, 2.75) is 43.2 Å². The fourth-order valence-corrected chi connectivity index (χ4v) is 5.29. The van der Waals surface area contributed by atoms with Gasteiger partial charge in [-0.2, -0.15) is 4.31 Å². The van der Waals surface area contributed by atoms with E-state index in [1.165, 1.54) is 0 Å². The third-order valence-corrected chi connectivity index (χ3v) is 6.78. The van der Waals surface area contributed by atoms with Crippen LogP contribution in [0.25, 0.3) is 0 Å². The zero-order chi connectivity index (χ0) is 15.3. The van der Waals surface area contributed by atoms with Gasteiger partial charge in [-0.05, 0) is 37.8 Å². The van der Waals surface area contributed by atoms with Gasteiger partial charge in [-0.25, -0.2) is 8.42 Å². The lowest BCUT2D eigenvalue weighted by molar-refractivity contribution is 0.174. The summed E-state index contributed by atoms with van der Waals surface area (Å²) in [6.07, 6.45) is 3.08. The number of hydrogen-bond acceptors (Lipinski definition) is 5. The Bertz CT molecular complexity index is 704. The van der Waals surface area contributed by atoms with Crippen LogP contribution >= 0.6 is 0 Å². The zero-order valence-electron chi connectivity index (χ0n) is 12.5. The summed E-state index contributed by atoms with van der Waals surface area (Å²) in [4.78, 5) is 0.328. The molecule has 7 heteroatoms. The number of nitrogens with one attached hydrogen (secondary N) is 1. The largest absolute Gasteiger partial charge is 0.454 e. The van der Waals surface area contributed by atoms with E-state index < -0.39 is 10.0 Å². The Labute approximate surface area is 130 Å². The van der Waals surface area contributed by atoms with E-state index in [9.17, 15) is 8.42 Å². The minimum absolute atomic E-state index is 0.148. The summed E-state index contributed by atoms with van der Waals surface area (Å²) >= 11 is 0. The first-order valence-corrected chi connectivity index (χ1v) is 9.14. The Morgan fingerprint density at radius 2 is 1.86 bits per heavy atom. The molecule has 6 nitrogen and oxygen atoms in total. The van der Waals surface area contributed by atoms with Gasteiger partial charge in [0.05, 0.1) is 4.90 Å². The van der Waals surface area contributed by atoms with Gasteiger partial charge in [0.25, 0.3) is 0 Å². The van der Waals surface area contributed by atoms with Crippen molar-refractivity contribution in [3.05, 3.63) is 17.7 Å². The number of aryl methyl sites for hydroxylation is 1. The predicted molar refractivity (Wildman–Crippen MR) is 80.6 cm³/mol. The third-order valence-electron chi connectivity index (χ3n) is 4.77. The van der Waals surface area contributed by atoms with Crippen molar-refractivity contribution < 1.29 is 17.9 Å². The molecule has 2 saturated heterocycles. The molecule has 2 bridgehead atoms. The number of fused-ring (bicyclic) bond motifs is 3. The van der Waals surface area contributed by atoms with Crippen LogP contribution in [0.5, 0.6) is 11.5 Å². The Morgan fingerprint density at radius 1 is 1.14 bits per heavy atom. The summed E-state index contributed by atoms with van der Waals surface area (Å²) in [5.74, 6) is 1.13. The molecule has 0 spiro atoms. The molecule has 0 amide bonds. The van der Waals surface area contributed by atoms with Gasteiger partial charge in [0.2, 0.25) is 16.8 Å². The summed E-state index contributed by atoms with van der Waals surface area (Å²) in [5.41, 5.74) is 0.701. The molecule has 1 aromatic rings. The third kappa shape index (κ3) is 2.28. The lowest BCUT2D eigenvalue weighted by Gasteiger charge is -2.24. The summed E-state index contributed by atoms with van der Waals surface area (Å²) < 4.78 is 38.3. The van der Waals surface area contributed by atoms with Crippen molar-refractivity contribution in [2.75, 3.05) is 19.9 Å². The maximum atomic E-state index is 13.0. The Kier molecular flexibility index (Phi) is 3.32. The number of hydrogen-bond donors (Lipinski definition) is 1. The van der Waals surface area contributed by atoms with E-state index in [0.29, 0.717) is 41.1 Å². The molecule has 0 radical (unpaired) electrons. The van der Waals surface area contributed by atoms with E-state index in [4.69, 9.17) is 9.47 Å². The lowest BCUT2D eigenvalue weighted by atomic mass is 10.1. The Balaban J connectivity index is 1.68. The lowest BCUT2D eigenvalue weighted by Crippen LogP contribution is -2.39. The highest BCUT2D eigenvalue weighted by Crippen LogP contribution is 2.37. The van der Waals surface area contributed by atoms with Crippen LogP contribution in [0.4, 0.5) is 0 Å². The Morgan fingerprint density at radius 3 is 2.68 bits per heavy atom. The maximum absolute atomic E-state index is 13.0. The minimum Gasteiger partial charge on any atom is -0.454 e. The molecule has 3 heterocycles. The number of benzene rings is 1. The highest BCUT2D eigenvalue weighted by Gasteiger charge is 2.36. The molecule has 0 aromatic heterocycles. The van der Waals surface area contributed by atoms with Gasteiger partial charge >= 0.3 is 0 Å². The second-order valence-electron chi connectivity index (χ2n) is 6.26. The van der Waals surface area contributed by atoms with E-state index in [-0.39, 0.29) is 12.8 Å². The first-order valence-electron chi connectivity index (χ1n) is 7.70. The van der Waals surface area contributed by atoms with Crippen LogP contribution < -0.4 is 14.8 Å². The second kappa shape index (κ2) is 5.11. The van der Waals surface area contributed by atoms with Crippen molar-refractivity contribution >= 4 is 10.0 Å². The van der Waals surface area contributed by atoms with Gasteiger partial charge in [-0.3, -0.25) is 0 Å². The van der Waals surface area contributed by atoms with E-state index >= 15 is 0 Å². The van der Waals surface area contributed by atoms with Crippen LogP contribution in [-0.4, -0.2) is 44.7 Å². The minimum atomic E-state index is -3.50. The van der Waals surface area contributed by atoms with Crippen LogP contribution in [0.15, 0.2) is 17.0 Å². The van der Waals surface area contributed by atoms with Gasteiger partial charge in [-0.1, -0.05) is 0 Å². The van der Waals surface area contributed by atoms with Gasteiger partial charge in [0.1, 0.15) is 0 Å². The standard InChI is InChI=1S/C15H20N2O4S/c1-10-6-13-14(21-9-20-13)7-15(10)22(18,19)17-5-4-11-2-3-12(8-17)16-11/h6-7,11-12,16H,2-5,8-9H2,1H3. The van der Waals surface area contributed by atoms with Crippen LogP contribution in [0.2, 0.25) is 0 Å². The quantitative estimate of drug-likeness (QED) is 0.886. The molecule has 4 rings (SSSR count). The van der Waals surface area contributed by atoms with Crippen LogP contribution in [0.3, 0.4) is 0 Å². The van der Waals surface area contributed by atoms with Crippen molar-refractivity contribution in [1.82, 2.24) is 9.62 Å². The molecule has 3 aliphatic heterocycles. The predicted octanol–water partition coefficient (Wildman–Crippen LogP) is 1.24. The molecule has 2 atom stereocenters. The van der Waals surface area contributed by atoms with Crippen molar-refractivity contribution in [1.29, 1.82) is 0 Å². The SMILES string of the molecule is Cc1cc2c(cc1S(=O)(=O)N1CCC3CCC(C1)N3)OCO2. The first-order chi connectivity index (χ1) is 10.5. The molecule has 3 aliphatic rings. The highest BCUT2D eigenvalue weighted by atomic mass is 32.2. The normalized spacial score (nSPS) is 27.9. The summed E-state index contributed by atoms with van der Waals surface area (Å²) in [5, 5.41) is 3.51. The number of sulfonamides is 1. The Hall–Kier alpha value is -1.31. The molecule has 0 saturated carbocycles. The fraction of sp³-hybridized carbons (Fsp3) is 0.600. The van der Waals surface area contributed by atoms with Crippen LogP contribution in [-0.2, 0) is 10.0 Å². The van der Waals surface area contributed by atoms with Gasteiger partial charge < -0.3 is 14.8 Å². The molecule has 1 N–H and O–H groups in total. The van der Waals surface area contributed by atoms with Crippen molar-refractivity contribution in [3.8, 4) is 11.5 Å². The van der Waals surface area contributed by atoms with Crippen LogP contribution in [0, 0.1) is 6.92 Å². The first kappa shape index (κ1) is 14.3. The number of rotatable bonds is 2. The molecule has 2 unspecified atom stereocenters. The fourth-order valence-electron chi connectivity index (χ4n) is 3.57. The summed E-state index contributed by atoms with van der Waals surface area (Å²) in [7, 11) is -3.50. The maximum Gasteiger partial charge on any atom is 0.243 e. The monoisotopic (exact) mass is 324 g/mol. The average molecular weight is 324 g/mol. The molecule has 0 aliphatic carbocycles. The zero-order valence-corrected chi connectivity index (χ0v) is 13.4. The van der Waals surface area contributed by atoms with Crippen LogP contribution in [0.1, 0.15) is 24.8 Å². The molecule has 120 valence electrons. The second-order valence-corrected chi connectivity index (χ2v) is 8.17. The van der Waals surface area contributed by atoms with E-state index in [1.807, 2.05) is 0 Å². The number of nitrogens with zero attached hydrogens (tertiary/aromatic N) is 1. The van der Waals surface area contributed by atoms with Crippen molar-refractivity contribution in [3.63, 3.8) is 0 Å². The van der Waals surface area contributed by atoms with Gasteiger partial charge in [0.15, 0.2) is 11.5 Å². The smallest absolute Gasteiger partial charge is 0.243 e.